The molecule has 1 aromatic rings. The molecule has 22 heavy (non-hydrogen) atoms. The maximum atomic E-state index is 12.5. The molecule has 1 aliphatic rings. The predicted molar refractivity (Wildman–Crippen MR) is 83.4 cm³/mol. The molecule has 1 heterocycles. The first-order valence-corrected chi connectivity index (χ1v) is 7.79. The topological polar surface area (TPSA) is 86.7 Å². The van der Waals surface area contributed by atoms with E-state index >= 15 is 0 Å². The number of carbonyl (C=O) groups is 3. The fourth-order valence-corrected chi connectivity index (χ4v) is 2.68. The van der Waals surface area contributed by atoms with Gasteiger partial charge >= 0.3 is 5.97 Å². The van der Waals surface area contributed by atoms with Crippen LogP contribution in [0.4, 0.5) is 0 Å². The number of aliphatic carboxylic acids is 1. The Labute approximate surface area is 136 Å². The van der Waals surface area contributed by atoms with Crippen LogP contribution in [0.3, 0.4) is 0 Å². The minimum Gasteiger partial charge on any atom is -0.480 e. The Kier molecular flexibility index (Phi) is 5.18. The zero-order chi connectivity index (χ0) is 16.3. The summed E-state index contributed by atoms with van der Waals surface area (Å²) in [5.41, 5.74) is 0.509. The summed E-state index contributed by atoms with van der Waals surface area (Å²) in [6.07, 6.45) is 1.27. The lowest BCUT2D eigenvalue weighted by Crippen LogP contribution is -2.50. The second-order valence-corrected chi connectivity index (χ2v) is 6.15. The predicted octanol–water partition coefficient (Wildman–Crippen LogP) is 1.64. The van der Waals surface area contributed by atoms with Gasteiger partial charge in [-0.3, -0.25) is 14.4 Å². The molecule has 1 aromatic carbocycles. The van der Waals surface area contributed by atoms with E-state index in [0.29, 0.717) is 18.5 Å². The van der Waals surface area contributed by atoms with Crippen LogP contribution in [0.5, 0.6) is 0 Å². The summed E-state index contributed by atoms with van der Waals surface area (Å²) in [5.74, 6) is -1.73. The van der Waals surface area contributed by atoms with Gasteiger partial charge in [0.05, 0.1) is 0 Å². The van der Waals surface area contributed by atoms with Crippen LogP contribution in [-0.4, -0.2) is 46.4 Å². The van der Waals surface area contributed by atoms with Crippen LogP contribution in [-0.2, 0) is 9.59 Å². The van der Waals surface area contributed by atoms with Crippen LogP contribution in [0, 0.1) is 0 Å². The monoisotopic (exact) mass is 368 g/mol. The Bertz CT molecular complexity index is 588. The second kappa shape index (κ2) is 6.91. The van der Waals surface area contributed by atoms with Crippen molar-refractivity contribution in [3.05, 3.63) is 34.3 Å². The Morgan fingerprint density at radius 1 is 1.32 bits per heavy atom. The summed E-state index contributed by atoms with van der Waals surface area (Å²) in [4.78, 5) is 37.0. The summed E-state index contributed by atoms with van der Waals surface area (Å²) in [7, 11) is 0. The molecule has 1 unspecified atom stereocenters. The maximum absolute atomic E-state index is 12.5. The van der Waals surface area contributed by atoms with Gasteiger partial charge in [-0.15, -0.1) is 0 Å². The molecule has 1 saturated heterocycles. The van der Waals surface area contributed by atoms with E-state index in [0.717, 1.165) is 10.9 Å². The van der Waals surface area contributed by atoms with Gasteiger partial charge in [0.15, 0.2) is 0 Å². The van der Waals surface area contributed by atoms with Crippen LogP contribution in [0.15, 0.2) is 28.7 Å². The number of carboxylic acids is 1. The SMILES string of the molecule is C[C@H](NC(=O)C1CCCN1C(=O)c1ccc(Br)cc1)C(=O)O. The molecule has 0 aromatic heterocycles. The van der Waals surface area contributed by atoms with Gasteiger partial charge in [-0.1, -0.05) is 15.9 Å². The number of nitrogens with zero attached hydrogens (tertiary/aromatic N) is 1. The minimum absolute atomic E-state index is 0.215. The number of rotatable bonds is 4. The molecule has 6 nitrogen and oxygen atoms in total. The third-order valence-corrected chi connectivity index (χ3v) is 4.17. The number of likely N-dealkylation sites (tertiary alicyclic amines) is 1. The number of benzene rings is 1. The van der Waals surface area contributed by atoms with E-state index < -0.39 is 24.0 Å². The van der Waals surface area contributed by atoms with Gasteiger partial charge in [0.2, 0.25) is 5.91 Å². The molecule has 0 spiro atoms. The number of hydrogen-bond donors (Lipinski definition) is 2. The van der Waals surface area contributed by atoms with Gasteiger partial charge in [0, 0.05) is 16.6 Å². The normalized spacial score (nSPS) is 18.8. The standard InChI is InChI=1S/C15H17BrN2O4/c1-9(15(21)22)17-13(19)12-3-2-8-18(12)14(20)10-4-6-11(16)7-5-10/h4-7,9,12H,2-3,8H2,1H3,(H,17,19)(H,21,22)/t9-,12?/m0/s1. The van der Waals surface area contributed by atoms with Gasteiger partial charge in [0.1, 0.15) is 12.1 Å². The highest BCUT2D eigenvalue weighted by molar-refractivity contribution is 9.10. The van der Waals surface area contributed by atoms with E-state index in [1.807, 2.05) is 0 Å². The third kappa shape index (κ3) is 3.65. The molecular weight excluding hydrogens is 352 g/mol. The lowest BCUT2D eigenvalue weighted by atomic mass is 10.1. The van der Waals surface area contributed by atoms with Crippen molar-refractivity contribution in [3.8, 4) is 0 Å². The van der Waals surface area contributed by atoms with Crippen molar-refractivity contribution in [3.63, 3.8) is 0 Å². The Morgan fingerprint density at radius 3 is 2.55 bits per heavy atom. The molecule has 118 valence electrons. The number of carboxylic acid groups (broad SMARTS) is 1. The lowest BCUT2D eigenvalue weighted by molar-refractivity contribution is -0.141. The van der Waals surface area contributed by atoms with Crippen molar-refractivity contribution in [2.45, 2.75) is 31.8 Å². The highest BCUT2D eigenvalue weighted by Gasteiger charge is 2.35. The van der Waals surface area contributed by atoms with Crippen molar-refractivity contribution < 1.29 is 19.5 Å². The second-order valence-electron chi connectivity index (χ2n) is 5.23. The molecule has 2 atom stereocenters. The van der Waals surface area contributed by atoms with Crippen LogP contribution in [0.2, 0.25) is 0 Å². The van der Waals surface area contributed by atoms with Gasteiger partial charge in [-0.2, -0.15) is 0 Å². The number of hydrogen-bond acceptors (Lipinski definition) is 3. The summed E-state index contributed by atoms with van der Waals surface area (Å²) >= 11 is 3.31. The molecule has 2 N–H and O–H groups in total. The first kappa shape index (κ1) is 16.5. The van der Waals surface area contributed by atoms with Crippen molar-refractivity contribution in [1.29, 1.82) is 0 Å². The number of carbonyl (C=O) groups excluding carboxylic acids is 2. The summed E-state index contributed by atoms with van der Waals surface area (Å²) < 4.78 is 0.870. The van der Waals surface area contributed by atoms with E-state index in [-0.39, 0.29) is 5.91 Å². The highest BCUT2D eigenvalue weighted by atomic mass is 79.9. The maximum Gasteiger partial charge on any atom is 0.325 e. The fourth-order valence-electron chi connectivity index (χ4n) is 2.41. The largest absolute Gasteiger partial charge is 0.480 e. The van der Waals surface area contributed by atoms with E-state index in [2.05, 4.69) is 21.2 Å². The minimum atomic E-state index is -1.10. The van der Waals surface area contributed by atoms with Crippen LogP contribution in [0.25, 0.3) is 0 Å². The summed E-state index contributed by atoms with van der Waals surface area (Å²) in [6, 6.07) is 5.34. The first-order valence-electron chi connectivity index (χ1n) is 7.00. The fraction of sp³-hybridized carbons (Fsp3) is 0.400. The molecule has 0 radical (unpaired) electrons. The lowest BCUT2D eigenvalue weighted by Gasteiger charge is -2.25. The van der Waals surface area contributed by atoms with Gasteiger partial charge < -0.3 is 15.3 Å². The number of halogens is 1. The third-order valence-electron chi connectivity index (χ3n) is 3.64. The Hall–Kier alpha value is -1.89. The molecule has 2 amide bonds. The Balaban J connectivity index is 2.09. The number of nitrogens with one attached hydrogen (secondary N) is 1. The van der Waals surface area contributed by atoms with Crippen molar-refractivity contribution >= 4 is 33.7 Å². The van der Waals surface area contributed by atoms with Crippen LogP contribution < -0.4 is 5.32 Å². The molecule has 0 saturated carbocycles. The zero-order valence-electron chi connectivity index (χ0n) is 12.1. The summed E-state index contributed by atoms with van der Waals surface area (Å²) in [5, 5.41) is 11.3. The molecule has 1 aliphatic heterocycles. The van der Waals surface area contributed by atoms with Crippen LogP contribution in [0.1, 0.15) is 30.1 Å². The molecular formula is C15H17BrN2O4. The first-order chi connectivity index (χ1) is 10.4. The zero-order valence-corrected chi connectivity index (χ0v) is 13.7. The quantitative estimate of drug-likeness (QED) is 0.845. The van der Waals surface area contributed by atoms with Crippen molar-refractivity contribution in [1.82, 2.24) is 10.2 Å². The Morgan fingerprint density at radius 2 is 1.95 bits per heavy atom. The van der Waals surface area contributed by atoms with Gasteiger partial charge in [-0.25, -0.2) is 0 Å². The summed E-state index contributed by atoms with van der Waals surface area (Å²) in [6.45, 7) is 1.89. The molecule has 1 fully saturated rings. The van der Waals surface area contributed by atoms with Crippen LogP contribution >= 0.6 is 15.9 Å². The van der Waals surface area contributed by atoms with Crippen molar-refractivity contribution in [2.24, 2.45) is 0 Å². The molecule has 0 aliphatic carbocycles. The highest BCUT2D eigenvalue weighted by Crippen LogP contribution is 2.21. The smallest absolute Gasteiger partial charge is 0.325 e. The van der Waals surface area contributed by atoms with E-state index in [9.17, 15) is 14.4 Å². The molecule has 0 bridgehead atoms. The molecule has 2 rings (SSSR count). The van der Waals surface area contributed by atoms with Crippen molar-refractivity contribution in [2.75, 3.05) is 6.54 Å². The van der Waals surface area contributed by atoms with Gasteiger partial charge in [0.25, 0.3) is 5.91 Å². The van der Waals surface area contributed by atoms with E-state index in [1.54, 1.807) is 24.3 Å². The molecule has 7 heteroatoms. The van der Waals surface area contributed by atoms with E-state index in [1.165, 1.54) is 11.8 Å². The average Bonchev–Trinajstić information content (AvgIpc) is 2.96. The van der Waals surface area contributed by atoms with Gasteiger partial charge in [-0.05, 0) is 44.0 Å². The number of amides is 2. The van der Waals surface area contributed by atoms with E-state index in [4.69, 9.17) is 5.11 Å². The average molecular weight is 369 g/mol.